The predicted octanol–water partition coefficient (Wildman–Crippen LogP) is 2.16. The van der Waals surface area contributed by atoms with E-state index in [1.807, 2.05) is 11.7 Å². The highest BCUT2D eigenvalue weighted by Gasteiger charge is 2.24. The van der Waals surface area contributed by atoms with Crippen LogP contribution in [-0.2, 0) is 7.05 Å². The van der Waals surface area contributed by atoms with Gasteiger partial charge in [0.15, 0.2) is 0 Å². The van der Waals surface area contributed by atoms with Gasteiger partial charge in [-0.05, 0) is 12.3 Å². The van der Waals surface area contributed by atoms with Gasteiger partial charge >= 0.3 is 0 Å². The van der Waals surface area contributed by atoms with Crippen LogP contribution in [0.15, 0.2) is 6.20 Å². The Labute approximate surface area is 101 Å². The topological polar surface area (TPSA) is 55.9 Å². The third-order valence-corrected chi connectivity index (χ3v) is 3.80. The van der Waals surface area contributed by atoms with Crippen LogP contribution in [0.25, 0.3) is 0 Å². The molecule has 1 atom stereocenters. The van der Waals surface area contributed by atoms with Crippen molar-refractivity contribution in [2.24, 2.45) is 18.8 Å². The van der Waals surface area contributed by atoms with Crippen molar-refractivity contribution < 1.29 is 0 Å². The quantitative estimate of drug-likeness (QED) is 0.629. The molecule has 0 aliphatic heterocycles. The molecule has 1 saturated carbocycles. The number of nitrogens with one attached hydrogen (secondary N) is 1. The molecule has 5 heteroatoms. The van der Waals surface area contributed by atoms with Gasteiger partial charge in [-0.1, -0.05) is 37.3 Å². The molecule has 0 spiro atoms. The Morgan fingerprint density at radius 2 is 2.31 bits per heavy atom. The van der Waals surface area contributed by atoms with Crippen LogP contribution in [0.5, 0.6) is 0 Å². The van der Waals surface area contributed by atoms with Gasteiger partial charge in [-0.25, -0.2) is 0 Å². The average Bonchev–Trinajstić information content (AvgIpc) is 2.87. The minimum atomic E-state index is 0.114. The molecule has 1 fully saturated rings. The minimum Gasteiger partial charge on any atom is -0.271 e. The molecule has 1 aliphatic carbocycles. The zero-order valence-corrected chi connectivity index (χ0v) is 10.4. The lowest BCUT2D eigenvalue weighted by atomic mass is 9.97. The van der Waals surface area contributed by atoms with Gasteiger partial charge in [-0.3, -0.25) is 16.0 Å². The smallest absolute Gasteiger partial charge is 0.0834 e. The molecular weight excluding hydrogens is 224 g/mol. The van der Waals surface area contributed by atoms with Crippen molar-refractivity contribution in [2.45, 2.75) is 38.1 Å². The first-order chi connectivity index (χ1) is 7.72. The van der Waals surface area contributed by atoms with Crippen LogP contribution in [0.4, 0.5) is 0 Å². The Morgan fingerprint density at radius 3 is 2.81 bits per heavy atom. The number of halogens is 1. The van der Waals surface area contributed by atoms with E-state index in [9.17, 15) is 0 Å². The van der Waals surface area contributed by atoms with Crippen molar-refractivity contribution in [3.63, 3.8) is 0 Å². The van der Waals surface area contributed by atoms with Crippen LogP contribution in [0, 0.1) is 5.92 Å². The van der Waals surface area contributed by atoms with Gasteiger partial charge in [0.25, 0.3) is 0 Å². The molecule has 90 valence electrons. The van der Waals surface area contributed by atoms with E-state index in [2.05, 4.69) is 10.5 Å². The highest BCUT2D eigenvalue weighted by Crippen LogP contribution is 2.34. The molecule has 1 unspecified atom stereocenters. The zero-order valence-electron chi connectivity index (χ0n) is 9.62. The Kier molecular flexibility index (Phi) is 3.84. The van der Waals surface area contributed by atoms with E-state index in [-0.39, 0.29) is 6.04 Å². The van der Waals surface area contributed by atoms with E-state index in [1.165, 1.54) is 25.7 Å². The van der Waals surface area contributed by atoms with Crippen molar-refractivity contribution in [1.82, 2.24) is 15.2 Å². The fraction of sp³-hybridized carbons (Fsp3) is 0.727. The second kappa shape index (κ2) is 5.17. The van der Waals surface area contributed by atoms with Crippen LogP contribution in [0.2, 0.25) is 5.02 Å². The highest BCUT2D eigenvalue weighted by atomic mass is 35.5. The number of rotatable bonds is 4. The summed E-state index contributed by atoms with van der Waals surface area (Å²) in [5.74, 6) is 6.40. The monoisotopic (exact) mass is 242 g/mol. The Balaban J connectivity index is 2.09. The first-order valence-electron chi connectivity index (χ1n) is 5.86. The summed E-state index contributed by atoms with van der Waals surface area (Å²) in [6, 6.07) is 0.114. The summed E-state index contributed by atoms with van der Waals surface area (Å²) in [5.41, 5.74) is 3.86. The van der Waals surface area contributed by atoms with Gasteiger partial charge in [-0.15, -0.1) is 0 Å². The molecule has 1 aromatic heterocycles. The summed E-state index contributed by atoms with van der Waals surface area (Å²) < 4.78 is 1.81. The predicted molar refractivity (Wildman–Crippen MR) is 64.9 cm³/mol. The Hall–Kier alpha value is -0.580. The van der Waals surface area contributed by atoms with Crippen LogP contribution in [0.1, 0.15) is 43.8 Å². The molecule has 0 bridgehead atoms. The molecule has 16 heavy (non-hydrogen) atoms. The van der Waals surface area contributed by atoms with Crippen LogP contribution < -0.4 is 11.3 Å². The molecule has 0 saturated heterocycles. The van der Waals surface area contributed by atoms with Crippen molar-refractivity contribution >= 4 is 11.6 Å². The van der Waals surface area contributed by atoms with E-state index >= 15 is 0 Å². The number of aryl methyl sites for hydroxylation is 1. The van der Waals surface area contributed by atoms with E-state index in [4.69, 9.17) is 17.4 Å². The van der Waals surface area contributed by atoms with Gasteiger partial charge in [0, 0.05) is 7.05 Å². The largest absolute Gasteiger partial charge is 0.271 e. The first-order valence-corrected chi connectivity index (χ1v) is 6.23. The standard InChI is InChI=1S/C11H19ClN4/c1-16-11(9(12)7-14-16)10(15-13)6-8-4-2-3-5-8/h7-8,10,15H,2-6,13H2,1H3. The number of hydrogen-bond acceptors (Lipinski definition) is 3. The molecule has 2 rings (SSSR count). The summed E-state index contributed by atoms with van der Waals surface area (Å²) in [4.78, 5) is 0. The maximum Gasteiger partial charge on any atom is 0.0834 e. The SMILES string of the molecule is Cn1ncc(Cl)c1C(CC1CCCC1)NN. The highest BCUT2D eigenvalue weighted by molar-refractivity contribution is 6.31. The van der Waals surface area contributed by atoms with Gasteiger partial charge < -0.3 is 0 Å². The van der Waals surface area contributed by atoms with Crippen LogP contribution >= 0.6 is 11.6 Å². The summed E-state index contributed by atoms with van der Waals surface area (Å²) in [7, 11) is 1.90. The minimum absolute atomic E-state index is 0.114. The van der Waals surface area contributed by atoms with Crippen LogP contribution in [-0.4, -0.2) is 9.78 Å². The van der Waals surface area contributed by atoms with E-state index < -0.39 is 0 Å². The van der Waals surface area contributed by atoms with Crippen molar-refractivity contribution in [1.29, 1.82) is 0 Å². The first kappa shape index (κ1) is 11.9. The van der Waals surface area contributed by atoms with Crippen molar-refractivity contribution in [3.8, 4) is 0 Å². The fourth-order valence-corrected chi connectivity index (χ4v) is 2.95. The summed E-state index contributed by atoms with van der Waals surface area (Å²) >= 11 is 6.13. The van der Waals surface area contributed by atoms with E-state index in [0.717, 1.165) is 18.0 Å². The zero-order chi connectivity index (χ0) is 11.5. The number of nitrogens with two attached hydrogens (primary N) is 1. The van der Waals surface area contributed by atoms with Crippen molar-refractivity contribution in [2.75, 3.05) is 0 Å². The summed E-state index contributed by atoms with van der Waals surface area (Å²) in [6.45, 7) is 0. The molecule has 1 heterocycles. The van der Waals surface area contributed by atoms with Gasteiger partial charge in [0.05, 0.1) is 23.0 Å². The average molecular weight is 243 g/mol. The van der Waals surface area contributed by atoms with Gasteiger partial charge in [0.1, 0.15) is 0 Å². The number of hydrogen-bond donors (Lipinski definition) is 2. The van der Waals surface area contributed by atoms with Crippen molar-refractivity contribution in [3.05, 3.63) is 16.9 Å². The lowest BCUT2D eigenvalue weighted by Gasteiger charge is -2.20. The molecule has 1 aliphatic rings. The molecule has 4 nitrogen and oxygen atoms in total. The fourth-order valence-electron chi connectivity index (χ4n) is 2.65. The second-order valence-electron chi connectivity index (χ2n) is 4.61. The Bertz CT molecular complexity index is 324. The third kappa shape index (κ3) is 2.39. The molecular formula is C11H19ClN4. The summed E-state index contributed by atoms with van der Waals surface area (Å²) in [5, 5.41) is 4.85. The molecule has 0 aromatic carbocycles. The second-order valence-corrected chi connectivity index (χ2v) is 5.01. The molecule has 3 N–H and O–H groups in total. The number of nitrogens with zero attached hydrogens (tertiary/aromatic N) is 2. The van der Waals surface area contributed by atoms with Gasteiger partial charge in [-0.2, -0.15) is 5.10 Å². The normalized spacial score (nSPS) is 19.2. The molecule has 1 aromatic rings. The maximum absolute atomic E-state index is 6.13. The summed E-state index contributed by atoms with van der Waals surface area (Å²) in [6.07, 6.45) is 8.05. The number of hydrazine groups is 1. The van der Waals surface area contributed by atoms with E-state index in [0.29, 0.717) is 5.02 Å². The Morgan fingerprint density at radius 1 is 1.62 bits per heavy atom. The van der Waals surface area contributed by atoms with Crippen LogP contribution in [0.3, 0.4) is 0 Å². The third-order valence-electron chi connectivity index (χ3n) is 3.51. The molecule has 0 radical (unpaired) electrons. The maximum atomic E-state index is 6.13. The molecule has 0 amide bonds. The van der Waals surface area contributed by atoms with E-state index in [1.54, 1.807) is 6.20 Å². The lowest BCUT2D eigenvalue weighted by molar-refractivity contribution is 0.385. The number of aromatic nitrogens is 2. The lowest BCUT2D eigenvalue weighted by Crippen LogP contribution is -2.31. The van der Waals surface area contributed by atoms with Gasteiger partial charge in [0.2, 0.25) is 0 Å².